The SMILES string of the molecule is CCN(CC)CCOC(=O)c1cc2cc(N)ccc2o1. The number of nitrogen functional groups attached to an aromatic ring is 1. The topological polar surface area (TPSA) is 68.7 Å². The second kappa shape index (κ2) is 6.43. The summed E-state index contributed by atoms with van der Waals surface area (Å²) in [5.41, 5.74) is 6.96. The maximum atomic E-state index is 11.9. The summed E-state index contributed by atoms with van der Waals surface area (Å²) in [5, 5.41) is 0.806. The number of nitrogens with two attached hydrogens (primary N) is 1. The van der Waals surface area contributed by atoms with E-state index in [1.807, 2.05) is 0 Å². The molecule has 0 radical (unpaired) electrons. The van der Waals surface area contributed by atoms with Crippen LogP contribution in [-0.2, 0) is 4.74 Å². The molecular weight excluding hydrogens is 256 g/mol. The summed E-state index contributed by atoms with van der Waals surface area (Å²) < 4.78 is 10.7. The van der Waals surface area contributed by atoms with Crippen LogP contribution in [0.4, 0.5) is 5.69 Å². The van der Waals surface area contributed by atoms with Gasteiger partial charge < -0.3 is 19.8 Å². The fourth-order valence-electron chi connectivity index (χ4n) is 2.04. The number of hydrogen-bond acceptors (Lipinski definition) is 5. The molecule has 2 aromatic rings. The number of benzene rings is 1. The van der Waals surface area contributed by atoms with Gasteiger partial charge in [0.2, 0.25) is 5.76 Å². The van der Waals surface area contributed by atoms with E-state index in [0.717, 1.165) is 25.0 Å². The standard InChI is InChI=1S/C15H20N2O3/c1-3-17(4-2)7-8-19-15(18)14-10-11-9-12(16)5-6-13(11)20-14/h5-6,9-10H,3-4,7-8,16H2,1-2H3. The first kappa shape index (κ1) is 14.4. The molecule has 20 heavy (non-hydrogen) atoms. The molecule has 108 valence electrons. The third kappa shape index (κ3) is 3.30. The second-order valence-corrected chi connectivity index (χ2v) is 4.57. The lowest BCUT2D eigenvalue weighted by molar-refractivity contribution is 0.0433. The first-order valence-corrected chi connectivity index (χ1v) is 6.82. The van der Waals surface area contributed by atoms with Crippen LogP contribution >= 0.6 is 0 Å². The summed E-state index contributed by atoms with van der Waals surface area (Å²) >= 11 is 0. The highest BCUT2D eigenvalue weighted by Gasteiger charge is 2.14. The minimum atomic E-state index is -0.438. The molecule has 2 N–H and O–H groups in total. The quantitative estimate of drug-likeness (QED) is 0.648. The molecule has 0 spiro atoms. The van der Waals surface area contributed by atoms with E-state index in [0.29, 0.717) is 17.9 Å². The fourth-order valence-corrected chi connectivity index (χ4v) is 2.04. The Balaban J connectivity index is 1.97. The molecule has 0 fully saturated rings. The molecular formula is C15H20N2O3. The number of nitrogens with zero attached hydrogens (tertiary/aromatic N) is 1. The van der Waals surface area contributed by atoms with Crippen molar-refractivity contribution in [3.8, 4) is 0 Å². The van der Waals surface area contributed by atoms with Crippen molar-refractivity contribution in [2.45, 2.75) is 13.8 Å². The smallest absolute Gasteiger partial charge is 0.374 e. The van der Waals surface area contributed by atoms with Crippen molar-refractivity contribution in [1.82, 2.24) is 4.90 Å². The molecule has 0 aliphatic rings. The van der Waals surface area contributed by atoms with E-state index < -0.39 is 5.97 Å². The van der Waals surface area contributed by atoms with Crippen molar-refractivity contribution in [2.75, 3.05) is 32.0 Å². The van der Waals surface area contributed by atoms with Crippen LogP contribution in [0.25, 0.3) is 11.0 Å². The van der Waals surface area contributed by atoms with E-state index in [1.54, 1.807) is 24.3 Å². The predicted molar refractivity (Wildman–Crippen MR) is 78.7 cm³/mol. The van der Waals surface area contributed by atoms with Crippen LogP contribution in [0.2, 0.25) is 0 Å². The van der Waals surface area contributed by atoms with Crippen LogP contribution in [0.15, 0.2) is 28.7 Å². The Hall–Kier alpha value is -2.01. The fraction of sp³-hybridized carbons (Fsp3) is 0.400. The van der Waals surface area contributed by atoms with Gasteiger partial charge in [-0.2, -0.15) is 0 Å². The van der Waals surface area contributed by atoms with Crippen molar-refractivity contribution < 1.29 is 13.9 Å². The summed E-state index contributed by atoms with van der Waals surface area (Å²) in [6.45, 7) is 7.13. The van der Waals surface area contributed by atoms with Crippen molar-refractivity contribution >= 4 is 22.6 Å². The summed E-state index contributed by atoms with van der Waals surface area (Å²) in [4.78, 5) is 14.1. The van der Waals surface area contributed by atoms with Crippen LogP contribution in [0, 0.1) is 0 Å². The largest absolute Gasteiger partial charge is 0.458 e. The molecule has 0 amide bonds. The van der Waals surface area contributed by atoms with Crippen LogP contribution in [-0.4, -0.2) is 37.1 Å². The van der Waals surface area contributed by atoms with E-state index >= 15 is 0 Å². The normalized spacial score (nSPS) is 11.2. The third-order valence-electron chi connectivity index (χ3n) is 3.28. The highest BCUT2D eigenvalue weighted by molar-refractivity contribution is 5.93. The number of ether oxygens (including phenoxy) is 1. The summed E-state index contributed by atoms with van der Waals surface area (Å²) in [6, 6.07) is 6.91. The molecule has 5 heteroatoms. The van der Waals surface area contributed by atoms with E-state index in [2.05, 4.69) is 18.7 Å². The number of fused-ring (bicyclic) bond motifs is 1. The van der Waals surface area contributed by atoms with Gasteiger partial charge in [0.25, 0.3) is 0 Å². The number of likely N-dealkylation sites (N-methyl/N-ethyl adjacent to an activating group) is 1. The van der Waals surface area contributed by atoms with Gasteiger partial charge in [0.05, 0.1) is 0 Å². The van der Waals surface area contributed by atoms with Crippen molar-refractivity contribution in [3.63, 3.8) is 0 Å². The second-order valence-electron chi connectivity index (χ2n) is 4.57. The van der Waals surface area contributed by atoms with Crippen LogP contribution in [0.3, 0.4) is 0 Å². The monoisotopic (exact) mass is 276 g/mol. The molecule has 0 saturated carbocycles. The Morgan fingerprint density at radius 3 is 2.75 bits per heavy atom. The Bertz CT molecular complexity index is 588. The van der Waals surface area contributed by atoms with E-state index in [-0.39, 0.29) is 5.76 Å². The van der Waals surface area contributed by atoms with Gasteiger partial charge in [-0.05, 0) is 37.4 Å². The summed E-state index contributed by atoms with van der Waals surface area (Å²) in [5.74, 6) is -0.225. The zero-order valence-electron chi connectivity index (χ0n) is 11.9. The Labute approximate surface area is 118 Å². The zero-order valence-corrected chi connectivity index (χ0v) is 11.9. The third-order valence-corrected chi connectivity index (χ3v) is 3.28. The number of rotatable bonds is 6. The Morgan fingerprint density at radius 1 is 1.30 bits per heavy atom. The number of carbonyl (C=O) groups is 1. The van der Waals surface area contributed by atoms with Crippen LogP contribution < -0.4 is 5.73 Å². The van der Waals surface area contributed by atoms with Gasteiger partial charge in [-0.3, -0.25) is 0 Å². The van der Waals surface area contributed by atoms with Gasteiger partial charge in [0.1, 0.15) is 12.2 Å². The van der Waals surface area contributed by atoms with Gasteiger partial charge in [-0.15, -0.1) is 0 Å². The van der Waals surface area contributed by atoms with Crippen molar-refractivity contribution in [2.24, 2.45) is 0 Å². The summed E-state index contributed by atoms with van der Waals surface area (Å²) in [7, 11) is 0. The molecule has 0 aliphatic carbocycles. The van der Waals surface area contributed by atoms with Crippen LogP contribution in [0.5, 0.6) is 0 Å². The first-order chi connectivity index (χ1) is 9.63. The maximum absolute atomic E-state index is 11.9. The van der Waals surface area contributed by atoms with Gasteiger partial charge in [0.15, 0.2) is 0 Å². The first-order valence-electron chi connectivity index (χ1n) is 6.82. The lowest BCUT2D eigenvalue weighted by Crippen LogP contribution is -2.27. The number of esters is 1. The maximum Gasteiger partial charge on any atom is 0.374 e. The molecule has 2 rings (SSSR count). The molecule has 5 nitrogen and oxygen atoms in total. The van der Waals surface area contributed by atoms with E-state index in [1.165, 1.54) is 0 Å². The number of furan rings is 1. The zero-order chi connectivity index (χ0) is 14.5. The minimum Gasteiger partial charge on any atom is -0.458 e. The van der Waals surface area contributed by atoms with E-state index in [9.17, 15) is 4.79 Å². The number of anilines is 1. The average Bonchev–Trinajstić information content (AvgIpc) is 2.86. The highest BCUT2D eigenvalue weighted by atomic mass is 16.5. The molecule has 0 saturated heterocycles. The van der Waals surface area contributed by atoms with E-state index in [4.69, 9.17) is 14.9 Å². The van der Waals surface area contributed by atoms with Crippen molar-refractivity contribution in [1.29, 1.82) is 0 Å². The Morgan fingerprint density at radius 2 is 2.05 bits per heavy atom. The van der Waals surface area contributed by atoms with Gasteiger partial charge in [-0.25, -0.2) is 4.79 Å². The Kier molecular flexibility index (Phi) is 4.63. The molecule has 0 atom stereocenters. The molecule has 1 aromatic heterocycles. The van der Waals surface area contributed by atoms with Gasteiger partial charge >= 0.3 is 5.97 Å². The van der Waals surface area contributed by atoms with Crippen molar-refractivity contribution in [3.05, 3.63) is 30.0 Å². The molecule has 0 bridgehead atoms. The van der Waals surface area contributed by atoms with Crippen LogP contribution in [0.1, 0.15) is 24.4 Å². The molecule has 1 aromatic carbocycles. The number of hydrogen-bond donors (Lipinski definition) is 1. The van der Waals surface area contributed by atoms with Gasteiger partial charge in [0, 0.05) is 17.6 Å². The number of carbonyl (C=O) groups excluding carboxylic acids is 1. The minimum absolute atomic E-state index is 0.213. The average molecular weight is 276 g/mol. The summed E-state index contributed by atoms with van der Waals surface area (Å²) in [6.07, 6.45) is 0. The molecule has 1 heterocycles. The lowest BCUT2D eigenvalue weighted by Gasteiger charge is -2.17. The van der Waals surface area contributed by atoms with Gasteiger partial charge in [-0.1, -0.05) is 13.8 Å². The molecule has 0 aliphatic heterocycles. The molecule has 0 unspecified atom stereocenters. The highest BCUT2D eigenvalue weighted by Crippen LogP contribution is 2.22. The lowest BCUT2D eigenvalue weighted by atomic mass is 10.2. The predicted octanol–water partition coefficient (Wildman–Crippen LogP) is 2.51.